The van der Waals surface area contributed by atoms with Crippen LogP contribution in [0.15, 0.2) is 24.5 Å². The van der Waals surface area contributed by atoms with E-state index < -0.39 is 5.97 Å². The van der Waals surface area contributed by atoms with Crippen LogP contribution in [0.4, 0.5) is 5.95 Å². The number of aromatic nitrogens is 6. The molecule has 3 heterocycles. The van der Waals surface area contributed by atoms with Crippen LogP contribution in [-0.2, 0) is 4.79 Å². The van der Waals surface area contributed by atoms with Crippen molar-refractivity contribution in [1.82, 2.24) is 29.9 Å². The summed E-state index contributed by atoms with van der Waals surface area (Å²) in [5, 5.41) is 20.5. The minimum atomic E-state index is -0.743. The Kier molecular flexibility index (Phi) is 4.19. The monoisotopic (exact) mass is 451 g/mol. The Morgan fingerprint density at radius 3 is 2.88 bits per heavy atom. The van der Waals surface area contributed by atoms with Gasteiger partial charge in [0.25, 0.3) is 0 Å². The van der Waals surface area contributed by atoms with Crippen molar-refractivity contribution in [3.63, 3.8) is 0 Å². The maximum atomic E-state index is 11.1. The SMILES string of the molecule is O=C(O)[C@@H]1CC[C@@H](Nc2ncc3nnn(-c4ccc(I)cn4)c3n2)C1. The Labute approximate surface area is 156 Å². The van der Waals surface area contributed by atoms with Crippen molar-refractivity contribution in [2.75, 3.05) is 5.32 Å². The van der Waals surface area contributed by atoms with Crippen LogP contribution in [0, 0.1) is 9.49 Å². The first-order valence-electron chi connectivity index (χ1n) is 7.80. The fraction of sp³-hybridized carbons (Fsp3) is 0.333. The molecule has 25 heavy (non-hydrogen) atoms. The Morgan fingerprint density at radius 2 is 2.16 bits per heavy atom. The van der Waals surface area contributed by atoms with Gasteiger partial charge in [-0.25, -0.2) is 9.97 Å². The molecule has 2 N–H and O–H groups in total. The molecule has 0 bridgehead atoms. The van der Waals surface area contributed by atoms with Gasteiger partial charge >= 0.3 is 5.97 Å². The van der Waals surface area contributed by atoms with Crippen LogP contribution < -0.4 is 5.32 Å². The molecule has 0 radical (unpaired) electrons. The lowest BCUT2D eigenvalue weighted by Gasteiger charge is -2.12. The first-order valence-corrected chi connectivity index (χ1v) is 8.88. The molecule has 0 saturated heterocycles. The summed E-state index contributed by atoms with van der Waals surface area (Å²) in [5.41, 5.74) is 1.12. The summed E-state index contributed by atoms with van der Waals surface area (Å²) in [5.74, 6) is 0.0223. The fourth-order valence-electron chi connectivity index (χ4n) is 2.96. The number of hydrogen-bond donors (Lipinski definition) is 2. The van der Waals surface area contributed by atoms with Gasteiger partial charge in [-0.15, -0.1) is 5.10 Å². The summed E-state index contributed by atoms with van der Waals surface area (Å²) < 4.78 is 2.59. The van der Waals surface area contributed by atoms with Crippen LogP contribution in [0.2, 0.25) is 0 Å². The zero-order chi connectivity index (χ0) is 17.4. The average molecular weight is 451 g/mol. The molecule has 2 atom stereocenters. The first kappa shape index (κ1) is 16.1. The quantitative estimate of drug-likeness (QED) is 0.578. The number of nitrogens with zero attached hydrogens (tertiary/aromatic N) is 6. The molecule has 10 heteroatoms. The molecule has 0 aliphatic heterocycles. The minimum absolute atomic E-state index is 0.0549. The van der Waals surface area contributed by atoms with E-state index in [-0.39, 0.29) is 12.0 Å². The van der Waals surface area contributed by atoms with Crippen molar-refractivity contribution in [3.8, 4) is 5.82 Å². The lowest BCUT2D eigenvalue weighted by molar-refractivity contribution is -0.141. The topological polar surface area (TPSA) is 119 Å². The Morgan fingerprint density at radius 1 is 1.28 bits per heavy atom. The van der Waals surface area contributed by atoms with E-state index in [1.165, 1.54) is 0 Å². The second-order valence-electron chi connectivity index (χ2n) is 5.93. The van der Waals surface area contributed by atoms with Crippen molar-refractivity contribution in [2.24, 2.45) is 5.92 Å². The summed E-state index contributed by atoms with van der Waals surface area (Å²) in [6, 6.07) is 3.83. The number of carboxylic acids is 1. The maximum Gasteiger partial charge on any atom is 0.306 e. The molecular weight excluding hydrogens is 437 g/mol. The standard InChI is InChI=1S/C15H14IN7O2/c16-9-2-4-12(17-6-9)23-13-11(21-22-23)7-18-15(20-13)19-10-3-1-8(5-10)14(24)25/h2,4,6-8,10H,1,3,5H2,(H,24,25)(H,18,19,20)/t8-,10-/m1/s1. The third kappa shape index (κ3) is 3.25. The third-order valence-electron chi connectivity index (χ3n) is 4.24. The van der Waals surface area contributed by atoms with Gasteiger partial charge in [0.2, 0.25) is 5.95 Å². The van der Waals surface area contributed by atoms with Gasteiger partial charge in [0.05, 0.1) is 12.1 Å². The van der Waals surface area contributed by atoms with Crippen molar-refractivity contribution >= 4 is 45.7 Å². The van der Waals surface area contributed by atoms with Gasteiger partial charge in [0, 0.05) is 15.8 Å². The number of fused-ring (bicyclic) bond motifs is 1. The van der Waals surface area contributed by atoms with Gasteiger partial charge in [-0.3, -0.25) is 4.79 Å². The zero-order valence-corrected chi connectivity index (χ0v) is 15.2. The smallest absolute Gasteiger partial charge is 0.306 e. The van der Waals surface area contributed by atoms with E-state index in [0.717, 1.165) is 9.99 Å². The van der Waals surface area contributed by atoms with Gasteiger partial charge in [-0.05, 0) is 54.0 Å². The van der Waals surface area contributed by atoms with E-state index in [2.05, 4.69) is 53.2 Å². The average Bonchev–Trinajstić information content (AvgIpc) is 3.22. The molecule has 1 aliphatic rings. The van der Waals surface area contributed by atoms with Crippen molar-refractivity contribution < 1.29 is 9.90 Å². The summed E-state index contributed by atoms with van der Waals surface area (Å²) in [7, 11) is 0. The number of aliphatic carboxylic acids is 1. The Bertz CT molecular complexity index is 927. The van der Waals surface area contributed by atoms with Crippen LogP contribution >= 0.6 is 22.6 Å². The van der Waals surface area contributed by atoms with E-state index in [0.29, 0.717) is 35.8 Å². The number of pyridine rings is 1. The van der Waals surface area contributed by atoms with Gasteiger partial charge < -0.3 is 10.4 Å². The molecule has 3 aromatic rings. The number of hydrogen-bond acceptors (Lipinski definition) is 7. The highest BCUT2D eigenvalue weighted by atomic mass is 127. The first-order chi connectivity index (χ1) is 12.1. The normalized spacial score (nSPS) is 20.0. The molecule has 0 unspecified atom stereocenters. The molecular formula is C15H14IN7O2. The minimum Gasteiger partial charge on any atom is -0.481 e. The highest BCUT2D eigenvalue weighted by Crippen LogP contribution is 2.27. The predicted molar refractivity (Wildman–Crippen MR) is 97.4 cm³/mol. The largest absolute Gasteiger partial charge is 0.481 e. The predicted octanol–water partition coefficient (Wildman–Crippen LogP) is 1.88. The highest BCUT2D eigenvalue weighted by molar-refractivity contribution is 14.1. The molecule has 0 aromatic carbocycles. The molecule has 0 spiro atoms. The maximum absolute atomic E-state index is 11.1. The molecule has 9 nitrogen and oxygen atoms in total. The molecule has 1 fully saturated rings. The number of carbonyl (C=O) groups is 1. The van der Waals surface area contributed by atoms with Crippen LogP contribution in [0.3, 0.4) is 0 Å². The summed E-state index contributed by atoms with van der Waals surface area (Å²) in [6.07, 6.45) is 5.38. The van der Waals surface area contributed by atoms with Gasteiger partial charge in [-0.2, -0.15) is 9.67 Å². The third-order valence-corrected chi connectivity index (χ3v) is 4.87. The Balaban J connectivity index is 1.60. The molecule has 128 valence electrons. The highest BCUT2D eigenvalue weighted by Gasteiger charge is 2.30. The van der Waals surface area contributed by atoms with E-state index in [4.69, 9.17) is 5.11 Å². The summed E-state index contributed by atoms with van der Waals surface area (Å²) >= 11 is 2.19. The molecule has 1 aliphatic carbocycles. The second kappa shape index (κ2) is 6.50. The number of rotatable bonds is 4. The molecule has 4 rings (SSSR count). The Hall–Kier alpha value is -2.37. The van der Waals surface area contributed by atoms with E-state index >= 15 is 0 Å². The van der Waals surface area contributed by atoms with Crippen molar-refractivity contribution in [1.29, 1.82) is 0 Å². The van der Waals surface area contributed by atoms with E-state index in [1.807, 2.05) is 12.1 Å². The van der Waals surface area contributed by atoms with Gasteiger partial charge in [0.15, 0.2) is 17.0 Å². The van der Waals surface area contributed by atoms with Crippen LogP contribution in [0.25, 0.3) is 17.0 Å². The molecule has 1 saturated carbocycles. The number of anilines is 1. The zero-order valence-electron chi connectivity index (χ0n) is 13.0. The number of nitrogens with one attached hydrogen (secondary N) is 1. The number of halogens is 1. The van der Waals surface area contributed by atoms with Crippen molar-refractivity contribution in [2.45, 2.75) is 25.3 Å². The summed E-state index contributed by atoms with van der Waals surface area (Å²) in [4.78, 5) is 24.2. The molecule has 0 amide bonds. The molecule has 3 aromatic heterocycles. The second-order valence-corrected chi connectivity index (χ2v) is 7.17. The number of carboxylic acid groups (broad SMARTS) is 1. The summed E-state index contributed by atoms with van der Waals surface area (Å²) in [6.45, 7) is 0. The van der Waals surface area contributed by atoms with Crippen LogP contribution in [0.1, 0.15) is 19.3 Å². The van der Waals surface area contributed by atoms with E-state index in [1.54, 1.807) is 17.1 Å². The van der Waals surface area contributed by atoms with Gasteiger partial charge in [0.1, 0.15) is 0 Å². The fourth-order valence-corrected chi connectivity index (χ4v) is 3.28. The van der Waals surface area contributed by atoms with Gasteiger partial charge in [-0.1, -0.05) is 5.21 Å². The van der Waals surface area contributed by atoms with Crippen LogP contribution in [-0.4, -0.2) is 47.1 Å². The lowest BCUT2D eigenvalue weighted by atomic mass is 10.1. The van der Waals surface area contributed by atoms with E-state index in [9.17, 15) is 4.79 Å². The lowest BCUT2D eigenvalue weighted by Crippen LogP contribution is -2.19. The van der Waals surface area contributed by atoms with Crippen LogP contribution in [0.5, 0.6) is 0 Å². The van der Waals surface area contributed by atoms with Crippen molar-refractivity contribution in [3.05, 3.63) is 28.1 Å².